The highest BCUT2D eigenvalue weighted by atomic mass is 35.5. The number of aromatic nitrogens is 2. The maximum absolute atomic E-state index is 12.7. The molecule has 2 amide bonds. The van der Waals surface area contributed by atoms with Crippen LogP contribution in [0.1, 0.15) is 16.8 Å². The van der Waals surface area contributed by atoms with Gasteiger partial charge in [-0.25, -0.2) is 14.8 Å². The lowest BCUT2D eigenvalue weighted by Gasteiger charge is -2.11. The quantitative estimate of drug-likeness (QED) is 0.571. The van der Waals surface area contributed by atoms with Crippen molar-refractivity contribution in [1.82, 2.24) is 9.97 Å². The lowest BCUT2D eigenvalue weighted by atomic mass is 10.1. The summed E-state index contributed by atoms with van der Waals surface area (Å²) in [6.07, 6.45) is -2.55. The number of nitrogens with one attached hydrogen (secondary N) is 2. The average Bonchev–Trinajstić information content (AvgIpc) is 2.63. The Morgan fingerprint density at radius 2 is 1.68 bits per heavy atom. The second-order valence-electron chi connectivity index (χ2n) is 5.86. The molecule has 1 aromatic heterocycles. The molecular formula is C19H14ClF3N4O. The zero-order valence-electron chi connectivity index (χ0n) is 14.3. The van der Waals surface area contributed by atoms with Crippen molar-refractivity contribution in [3.63, 3.8) is 0 Å². The molecule has 2 N–H and O–H groups in total. The zero-order chi connectivity index (χ0) is 20.1. The van der Waals surface area contributed by atoms with Crippen LogP contribution in [0.15, 0.2) is 60.9 Å². The number of urea groups is 1. The Morgan fingerprint density at radius 1 is 0.964 bits per heavy atom. The lowest BCUT2D eigenvalue weighted by molar-refractivity contribution is -0.137. The van der Waals surface area contributed by atoms with E-state index in [2.05, 4.69) is 20.6 Å². The van der Waals surface area contributed by atoms with Crippen molar-refractivity contribution in [2.24, 2.45) is 0 Å². The number of hydrogen-bond donors (Lipinski definition) is 2. The van der Waals surface area contributed by atoms with E-state index in [4.69, 9.17) is 11.6 Å². The molecule has 0 aliphatic carbocycles. The Kier molecular flexibility index (Phi) is 5.79. The third kappa shape index (κ3) is 5.43. The average molecular weight is 407 g/mol. The minimum Gasteiger partial charge on any atom is -0.308 e. The number of benzene rings is 2. The lowest BCUT2D eigenvalue weighted by Crippen LogP contribution is -2.19. The molecule has 0 aliphatic heterocycles. The van der Waals surface area contributed by atoms with Crippen LogP contribution in [0.2, 0.25) is 5.15 Å². The van der Waals surface area contributed by atoms with Crippen LogP contribution in [-0.4, -0.2) is 16.0 Å². The number of alkyl halides is 3. The van der Waals surface area contributed by atoms with Crippen molar-refractivity contribution in [2.75, 3.05) is 10.6 Å². The van der Waals surface area contributed by atoms with Gasteiger partial charge in [0, 0.05) is 23.5 Å². The molecule has 1 heterocycles. The molecule has 0 fully saturated rings. The fraction of sp³-hybridized carbons (Fsp3) is 0.105. The molecule has 3 aromatic rings. The third-order valence-corrected chi connectivity index (χ3v) is 3.94. The first-order valence-electron chi connectivity index (χ1n) is 8.10. The van der Waals surface area contributed by atoms with Crippen molar-refractivity contribution in [3.05, 3.63) is 82.9 Å². The molecule has 144 valence electrons. The Morgan fingerprint density at radius 3 is 2.36 bits per heavy atom. The number of amides is 2. The molecule has 0 spiro atoms. The molecule has 0 atom stereocenters. The zero-order valence-corrected chi connectivity index (χ0v) is 15.1. The summed E-state index contributed by atoms with van der Waals surface area (Å²) in [6.45, 7) is 0. The van der Waals surface area contributed by atoms with Crippen molar-refractivity contribution in [2.45, 2.75) is 12.6 Å². The summed E-state index contributed by atoms with van der Waals surface area (Å²) < 4.78 is 38.2. The van der Waals surface area contributed by atoms with E-state index in [1.54, 1.807) is 30.3 Å². The second-order valence-corrected chi connectivity index (χ2v) is 6.25. The summed E-state index contributed by atoms with van der Waals surface area (Å²) in [5.41, 5.74) is 1.40. The van der Waals surface area contributed by atoms with Gasteiger partial charge >= 0.3 is 12.2 Å². The van der Waals surface area contributed by atoms with Gasteiger partial charge in [-0.1, -0.05) is 29.8 Å². The van der Waals surface area contributed by atoms with E-state index in [1.165, 1.54) is 18.5 Å². The minimum atomic E-state index is -4.47. The number of carbonyl (C=O) groups is 1. The van der Waals surface area contributed by atoms with Gasteiger partial charge in [0.05, 0.1) is 5.56 Å². The van der Waals surface area contributed by atoms with Crippen molar-refractivity contribution in [3.8, 4) is 0 Å². The van der Waals surface area contributed by atoms with Crippen LogP contribution in [0.25, 0.3) is 0 Å². The van der Waals surface area contributed by atoms with Crippen LogP contribution in [0.4, 0.5) is 29.3 Å². The molecular weight excluding hydrogens is 393 g/mol. The van der Waals surface area contributed by atoms with Crippen LogP contribution in [-0.2, 0) is 12.6 Å². The van der Waals surface area contributed by atoms with Crippen molar-refractivity contribution < 1.29 is 18.0 Å². The highest BCUT2D eigenvalue weighted by Gasteiger charge is 2.30. The minimum absolute atomic E-state index is 0.0459. The fourth-order valence-corrected chi connectivity index (χ4v) is 2.62. The predicted octanol–water partition coefficient (Wildman–Crippen LogP) is 5.38. The van der Waals surface area contributed by atoms with Gasteiger partial charge in [0.15, 0.2) is 0 Å². The van der Waals surface area contributed by atoms with Crippen LogP contribution in [0, 0.1) is 0 Å². The number of anilines is 2. The molecule has 3 rings (SSSR count). The molecule has 2 aromatic carbocycles. The molecule has 0 saturated heterocycles. The Bertz CT molecular complexity index is 977. The molecule has 0 saturated carbocycles. The Hall–Kier alpha value is -3.13. The van der Waals surface area contributed by atoms with Crippen molar-refractivity contribution >= 4 is 29.0 Å². The van der Waals surface area contributed by atoms with Gasteiger partial charge in [-0.15, -0.1) is 0 Å². The summed E-state index contributed by atoms with van der Waals surface area (Å²) in [5.74, 6) is 0. The summed E-state index contributed by atoms with van der Waals surface area (Å²) >= 11 is 5.83. The van der Waals surface area contributed by atoms with Gasteiger partial charge in [0.2, 0.25) is 0 Å². The maximum Gasteiger partial charge on any atom is 0.416 e. The van der Waals surface area contributed by atoms with Gasteiger partial charge < -0.3 is 10.6 Å². The molecule has 0 unspecified atom stereocenters. The number of halogens is 4. The van der Waals surface area contributed by atoms with Gasteiger partial charge in [-0.3, -0.25) is 0 Å². The fourth-order valence-electron chi connectivity index (χ4n) is 2.45. The highest BCUT2D eigenvalue weighted by Crippen LogP contribution is 2.30. The molecule has 0 radical (unpaired) electrons. The molecule has 0 bridgehead atoms. The van der Waals surface area contributed by atoms with Gasteiger partial charge in [-0.05, 0) is 42.0 Å². The monoisotopic (exact) mass is 406 g/mol. The van der Waals surface area contributed by atoms with E-state index in [0.717, 1.165) is 23.4 Å². The predicted molar refractivity (Wildman–Crippen MR) is 100 cm³/mol. The van der Waals surface area contributed by atoms with Gasteiger partial charge in [0.25, 0.3) is 0 Å². The topological polar surface area (TPSA) is 66.9 Å². The van der Waals surface area contributed by atoms with Crippen LogP contribution in [0.5, 0.6) is 0 Å². The van der Waals surface area contributed by atoms with E-state index in [1.807, 2.05) is 0 Å². The number of nitrogens with zero attached hydrogens (tertiary/aromatic N) is 2. The SMILES string of the molecule is O=C(Nc1ccc(Cc2cc(Cl)ncn2)cc1)Nc1cccc(C(F)(F)F)c1. The number of rotatable bonds is 4. The van der Waals surface area contributed by atoms with Crippen molar-refractivity contribution in [1.29, 1.82) is 0 Å². The Labute approximate surface area is 163 Å². The standard InChI is InChI=1S/C19H14ClF3N4O/c20-17-10-16(24-11-25-17)8-12-4-6-14(7-5-12)26-18(28)27-15-3-1-2-13(9-15)19(21,22)23/h1-7,9-11H,8H2,(H2,26,27,28). The summed E-state index contributed by atoms with van der Waals surface area (Å²) in [4.78, 5) is 20.0. The first-order valence-corrected chi connectivity index (χ1v) is 8.48. The largest absolute Gasteiger partial charge is 0.416 e. The second kappa shape index (κ2) is 8.26. The molecule has 5 nitrogen and oxygen atoms in total. The molecule has 0 aliphatic rings. The highest BCUT2D eigenvalue weighted by molar-refractivity contribution is 6.29. The van der Waals surface area contributed by atoms with Crippen LogP contribution in [0.3, 0.4) is 0 Å². The molecule has 28 heavy (non-hydrogen) atoms. The maximum atomic E-state index is 12.7. The van der Waals surface area contributed by atoms with E-state index >= 15 is 0 Å². The first-order chi connectivity index (χ1) is 13.3. The van der Waals surface area contributed by atoms with Gasteiger partial charge in [0.1, 0.15) is 11.5 Å². The first kappa shape index (κ1) is 19.6. The van der Waals surface area contributed by atoms with E-state index < -0.39 is 17.8 Å². The van der Waals surface area contributed by atoms with E-state index in [9.17, 15) is 18.0 Å². The van der Waals surface area contributed by atoms with Gasteiger partial charge in [-0.2, -0.15) is 13.2 Å². The van der Waals surface area contributed by atoms with Crippen LogP contribution < -0.4 is 10.6 Å². The smallest absolute Gasteiger partial charge is 0.308 e. The molecule has 9 heteroatoms. The van der Waals surface area contributed by atoms with E-state index in [-0.39, 0.29) is 5.69 Å². The van der Waals surface area contributed by atoms with E-state index in [0.29, 0.717) is 17.3 Å². The van der Waals surface area contributed by atoms with Crippen LogP contribution >= 0.6 is 11.6 Å². The summed E-state index contributed by atoms with van der Waals surface area (Å²) in [7, 11) is 0. The normalized spacial score (nSPS) is 11.1. The third-order valence-electron chi connectivity index (χ3n) is 3.74. The number of carbonyl (C=O) groups excluding carboxylic acids is 1. The number of hydrogen-bond acceptors (Lipinski definition) is 3. The Balaban J connectivity index is 1.60. The summed E-state index contributed by atoms with van der Waals surface area (Å²) in [5, 5.41) is 5.31. The summed E-state index contributed by atoms with van der Waals surface area (Å²) in [6, 6.07) is 12.4.